The van der Waals surface area contributed by atoms with Crippen LogP contribution in [0.5, 0.6) is 0 Å². The highest BCUT2D eigenvalue weighted by molar-refractivity contribution is 4.94. The van der Waals surface area contributed by atoms with Crippen molar-refractivity contribution in [3.8, 4) is 0 Å². The van der Waals surface area contributed by atoms with Crippen LogP contribution in [0.1, 0.15) is 53.4 Å². The molecule has 0 radical (unpaired) electrons. The second kappa shape index (κ2) is 5.35. The molecule has 1 heterocycles. The number of nitrogens with zero attached hydrogens (tertiary/aromatic N) is 1. The van der Waals surface area contributed by atoms with E-state index in [2.05, 4.69) is 51.8 Å². The SMILES string of the molecule is CCC1(C)C/C=C\CC(C)(C)CCN(C)C1. The highest BCUT2D eigenvalue weighted by Crippen LogP contribution is 2.31. The summed E-state index contributed by atoms with van der Waals surface area (Å²) in [5.74, 6) is 0. The molecule has 0 saturated heterocycles. The predicted molar refractivity (Wildman–Crippen MR) is 72.7 cm³/mol. The Morgan fingerprint density at radius 1 is 1.12 bits per heavy atom. The minimum atomic E-state index is 0.463. The lowest BCUT2D eigenvalue weighted by atomic mass is 9.80. The van der Waals surface area contributed by atoms with Crippen molar-refractivity contribution in [1.29, 1.82) is 0 Å². The summed E-state index contributed by atoms with van der Waals surface area (Å²) in [4.78, 5) is 2.52. The van der Waals surface area contributed by atoms with E-state index in [-0.39, 0.29) is 0 Å². The van der Waals surface area contributed by atoms with E-state index in [0.29, 0.717) is 10.8 Å². The highest BCUT2D eigenvalue weighted by Gasteiger charge is 2.25. The summed E-state index contributed by atoms with van der Waals surface area (Å²) in [6.45, 7) is 12.0. The molecule has 1 atom stereocenters. The maximum absolute atomic E-state index is 2.52. The third kappa shape index (κ3) is 4.29. The minimum absolute atomic E-state index is 0.463. The first kappa shape index (κ1) is 13.8. The predicted octanol–water partition coefficient (Wildman–Crippen LogP) is 4.10. The molecular formula is C15H29N. The first-order valence-corrected chi connectivity index (χ1v) is 6.70. The molecular weight excluding hydrogens is 194 g/mol. The van der Waals surface area contributed by atoms with Gasteiger partial charge in [0, 0.05) is 6.54 Å². The average Bonchev–Trinajstić information content (AvgIpc) is 2.21. The molecule has 1 heteroatoms. The van der Waals surface area contributed by atoms with Gasteiger partial charge in [-0.05, 0) is 50.1 Å². The standard InChI is InChI=1S/C15H29N/c1-6-15(4)10-8-7-9-14(2,3)11-12-16(5)13-15/h7-8H,6,9-13H2,1-5H3/b8-7-. The van der Waals surface area contributed by atoms with Gasteiger partial charge in [0.15, 0.2) is 0 Å². The van der Waals surface area contributed by atoms with Crippen molar-refractivity contribution in [2.75, 3.05) is 20.1 Å². The molecule has 1 aliphatic heterocycles. The number of allylic oxidation sites excluding steroid dienone is 2. The first-order valence-electron chi connectivity index (χ1n) is 6.70. The summed E-state index contributed by atoms with van der Waals surface area (Å²) in [7, 11) is 2.27. The summed E-state index contributed by atoms with van der Waals surface area (Å²) in [5, 5.41) is 0. The zero-order valence-electron chi connectivity index (χ0n) is 11.8. The van der Waals surface area contributed by atoms with Gasteiger partial charge in [0.05, 0.1) is 0 Å². The molecule has 0 saturated carbocycles. The van der Waals surface area contributed by atoms with Crippen molar-refractivity contribution in [2.24, 2.45) is 10.8 Å². The fourth-order valence-electron chi connectivity index (χ4n) is 2.42. The molecule has 0 aliphatic carbocycles. The van der Waals surface area contributed by atoms with Gasteiger partial charge in [-0.1, -0.05) is 39.8 Å². The Labute approximate surface area is 102 Å². The Hall–Kier alpha value is -0.300. The Balaban J connectivity index is 2.72. The fraction of sp³-hybridized carbons (Fsp3) is 0.867. The van der Waals surface area contributed by atoms with Crippen molar-refractivity contribution in [1.82, 2.24) is 4.90 Å². The lowest BCUT2D eigenvalue weighted by Gasteiger charge is -2.35. The van der Waals surface area contributed by atoms with E-state index in [1.54, 1.807) is 0 Å². The highest BCUT2D eigenvalue weighted by atomic mass is 15.1. The van der Waals surface area contributed by atoms with Gasteiger partial charge in [0.1, 0.15) is 0 Å². The second-order valence-corrected chi connectivity index (χ2v) is 6.70. The molecule has 1 rings (SSSR count). The van der Waals surface area contributed by atoms with Gasteiger partial charge in [-0.3, -0.25) is 0 Å². The van der Waals surface area contributed by atoms with E-state index < -0.39 is 0 Å². The Morgan fingerprint density at radius 3 is 2.38 bits per heavy atom. The molecule has 1 unspecified atom stereocenters. The smallest absolute Gasteiger partial charge is 0.00351 e. The molecule has 1 nitrogen and oxygen atoms in total. The first-order chi connectivity index (χ1) is 7.37. The van der Waals surface area contributed by atoms with Gasteiger partial charge < -0.3 is 4.90 Å². The van der Waals surface area contributed by atoms with Crippen LogP contribution >= 0.6 is 0 Å². The van der Waals surface area contributed by atoms with Crippen LogP contribution in [0.25, 0.3) is 0 Å². The zero-order chi connectivity index (χ0) is 12.2. The van der Waals surface area contributed by atoms with Crippen LogP contribution in [0.3, 0.4) is 0 Å². The van der Waals surface area contributed by atoms with E-state index in [1.807, 2.05) is 0 Å². The molecule has 0 fully saturated rings. The fourth-order valence-corrected chi connectivity index (χ4v) is 2.42. The van der Waals surface area contributed by atoms with E-state index in [9.17, 15) is 0 Å². The molecule has 0 aromatic heterocycles. The number of hydrogen-bond donors (Lipinski definition) is 0. The van der Waals surface area contributed by atoms with E-state index in [1.165, 1.54) is 38.8 Å². The molecule has 16 heavy (non-hydrogen) atoms. The van der Waals surface area contributed by atoms with Crippen LogP contribution in [-0.2, 0) is 0 Å². The van der Waals surface area contributed by atoms with Crippen LogP contribution in [0.2, 0.25) is 0 Å². The van der Waals surface area contributed by atoms with Crippen molar-refractivity contribution in [2.45, 2.75) is 53.4 Å². The van der Waals surface area contributed by atoms with Crippen LogP contribution in [0.4, 0.5) is 0 Å². The monoisotopic (exact) mass is 223 g/mol. The molecule has 0 spiro atoms. The van der Waals surface area contributed by atoms with Gasteiger partial charge >= 0.3 is 0 Å². The van der Waals surface area contributed by atoms with Gasteiger partial charge in [-0.25, -0.2) is 0 Å². The molecule has 0 amide bonds. The molecule has 0 bridgehead atoms. The van der Waals surface area contributed by atoms with Crippen molar-refractivity contribution in [3.63, 3.8) is 0 Å². The number of hydrogen-bond acceptors (Lipinski definition) is 1. The van der Waals surface area contributed by atoms with E-state index in [4.69, 9.17) is 0 Å². The Morgan fingerprint density at radius 2 is 1.75 bits per heavy atom. The van der Waals surface area contributed by atoms with Crippen molar-refractivity contribution >= 4 is 0 Å². The normalized spacial score (nSPS) is 34.6. The Kier molecular flexibility index (Phi) is 4.61. The third-order valence-corrected chi connectivity index (χ3v) is 4.12. The minimum Gasteiger partial charge on any atom is -0.306 e. The molecule has 0 N–H and O–H groups in total. The van der Waals surface area contributed by atoms with E-state index in [0.717, 1.165) is 0 Å². The van der Waals surface area contributed by atoms with Crippen molar-refractivity contribution in [3.05, 3.63) is 12.2 Å². The molecule has 0 aromatic carbocycles. The average molecular weight is 223 g/mol. The maximum atomic E-state index is 2.52. The summed E-state index contributed by atoms with van der Waals surface area (Å²) in [5.41, 5.74) is 0.928. The third-order valence-electron chi connectivity index (χ3n) is 4.12. The van der Waals surface area contributed by atoms with Crippen LogP contribution in [-0.4, -0.2) is 25.0 Å². The molecule has 94 valence electrons. The van der Waals surface area contributed by atoms with Gasteiger partial charge in [-0.15, -0.1) is 0 Å². The molecule has 1 aliphatic rings. The van der Waals surface area contributed by atoms with Crippen LogP contribution in [0.15, 0.2) is 12.2 Å². The summed E-state index contributed by atoms with van der Waals surface area (Å²) in [6.07, 6.45) is 9.83. The topological polar surface area (TPSA) is 3.24 Å². The van der Waals surface area contributed by atoms with Crippen LogP contribution < -0.4 is 0 Å². The summed E-state index contributed by atoms with van der Waals surface area (Å²) < 4.78 is 0. The number of rotatable bonds is 1. The van der Waals surface area contributed by atoms with Gasteiger partial charge in [0.25, 0.3) is 0 Å². The molecule has 0 aromatic rings. The summed E-state index contributed by atoms with van der Waals surface area (Å²) >= 11 is 0. The van der Waals surface area contributed by atoms with Crippen LogP contribution in [0, 0.1) is 10.8 Å². The Bertz CT molecular complexity index is 242. The lowest BCUT2D eigenvalue weighted by Crippen LogP contribution is -2.35. The van der Waals surface area contributed by atoms with Crippen molar-refractivity contribution < 1.29 is 0 Å². The van der Waals surface area contributed by atoms with Gasteiger partial charge in [0.2, 0.25) is 0 Å². The summed E-state index contributed by atoms with van der Waals surface area (Å²) in [6, 6.07) is 0. The van der Waals surface area contributed by atoms with Gasteiger partial charge in [-0.2, -0.15) is 0 Å². The second-order valence-electron chi connectivity index (χ2n) is 6.70. The maximum Gasteiger partial charge on any atom is 0.00351 e. The van der Waals surface area contributed by atoms with E-state index >= 15 is 0 Å². The zero-order valence-corrected chi connectivity index (χ0v) is 11.8. The lowest BCUT2D eigenvalue weighted by molar-refractivity contribution is 0.163. The largest absolute Gasteiger partial charge is 0.306 e. The quantitative estimate of drug-likeness (QED) is 0.605.